The third kappa shape index (κ3) is 12.9. The van der Waals surface area contributed by atoms with Crippen molar-refractivity contribution in [2.24, 2.45) is 5.73 Å². The zero-order valence-corrected chi connectivity index (χ0v) is 31.1. The Kier molecular flexibility index (Phi) is 21.6. The van der Waals surface area contributed by atoms with E-state index in [9.17, 15) is 29.2 Å². The zero-order valence-electron chi connectivity index (χ0n) is 28.5. The van der Waals surface area contributed by atoms with E-state index in [0.29, 0.717) is 17.7 Å². The van der Waals surface area contributed by atoms with Gasteiger partial charge >= 0.3 is 15.2 Å². The Morgan fingerprint density at radius 3 is 1.89 bits per heavy atom. The van der Waals surface area contributed by atoms with E-state index in [1.54, 1.807) is 42.5 Å². The molecule has 0 unspecified atom stereocenters. The number of phenolic OH excluding ortho intramolecular Hbond substituents is 2. The molecule has 0 saturated carbocycles. The number of aromatic hydroxyl groups is 2. The maximum absolute atomic E-state index is 13.6. The quantitative estimate of drug-likeness (QED) is 0.0721. The molecule has 18 nitrogen and oxygen atoms in total. The number of nitrogens with zero attached hydrogens (tertiary/aromatic N) is 1. The molecule has 1 saturated heterocycles. The fourth-order valence-electron chi connectivity index (χ4n) is 5.25. The minimum atomic E-state index is -5.30. The number of ketones is 1. The SMILES string of the molecule is NCCCC(O)(P(=O)(O)O)P(=O)(O)O.O.O.O.O.O.O=C(c1ccc(OCCN2CCCCC2)cc1)c1c(-c2ccc(O)cc2)sc2cc(O)ccc12. The molecule has 0 amide bonds. The van der Waals surface area contributed by atoms with Crippen LogP contribution in [0, 0.1) is 0 Å². The molecule has 5 rings (SSSR count). The van der Waals surface area contributed by atoms with Gasteiger partial charge in [0.2, 0.25) is 0 Å². The Bertz CT molecular complexity index is 1770. The lowest BCUT2D eigenvalue weighted by molar-refractivity contribution is 0.104. The van der Waals surface area contributed by atoms with Crippen molar-refractivity contribution in [2.45, 2.75) is 37.2 Å². The minimum Gasteiger partial charge on any atom is -0.508 e. The Hall–Kier alpha value is -3.33. The van der Waals surface area contributed by atoms with Gasteiger partial charge < -0.3 is 72.7 Å². The third-order valence-corrected chi connectivity index (χ3v) is 13.0. The van der Waals surface area contributed by atoms with E-state index in [1.807, 2.05) is 24.3 Å². The molecule has 1 aliphatic rings. The van der Waals surface area contributed by atoms with Crippen molar-refractivity contribution in [3.8, 4) is 27.7 Å². The van der Waals surface area contributed by atoms with Crippen molar-refractivity contribution in [2.75, 3.05) is 32.8 Å². The normalized spacial score (nSPS) is 13.0. The number of thiophene rings is 1. The fraction of sp³-hybridized carbons (Fsp3) is 0.344. The van der Waals surface area contributed by atoms with Gasteiger partial charge in [-0.25, -0.2) is 0 Å². The standard InChI is InChI=1S/C28H27NO4S.C4H13NO7P2.5H2O/c30-21-8-4-20(5-9-21)28-26(24-13-10-22(31)18-25(24)34-28)27(32)19-6-11-23(12-7-19)33-17-16-29-14-2-1-3-15-29;5-3-1-2-4(6,13(7,8)9)14(10,11)12;;;;;/h4-13,18,30-31H,1-3,14-17H2;6H,1-3,5H2,(H2,7,8,9)(H2,10,11,12);5*1H2. The number of benzene rings is 3. The average Bonchev–Trinajstić information content (AvgIpc) is 3.42. The summed E-state index contributed by atoms with van der Waals surface area (Å²) in [7, 11) is -10.6. The Morgan fingerprint density at radius 2 is 1.36 bits per heavy atom. The van der Waals surface area contributed by atoms with E-state index in [0.717, 1.165) is 45.9 Å². The van der Waals surface area contributed by atoms with Gasteiger partial charge in [0.25, 0.3) is 5.08 Å². The number of carbonyl (C=O) groups is 1. The number of hydrogen-bond acceptors (Lipinski definition) is 10. The van der Waals surface area contributed by atoms with E-state index in [-0.39, 0.29) is 57.6 Å². The van der Waals surface area contributed by atoms with E-state index < -0.39 is 26.7 Å². The number of likely N-dealkylation sites (tertiary alicyclic amines) is 1. The fourth-order valence-corrected chi connectivity index (χ4v) is 8.74. The largest absolute Gasteiger partial charge is 0.508 e. The number of rotatable bonds is 12. The summed E-state index contributed by atoms with van der Waals surface area (Å²) in [6.45, 7) is 3.81. The zero-order chi connectivity index (χ0) is 35.1. The number of hydrogen-bond donors (Lipinski definition) is 8. The molecule has 1 fully saturated rings. The van der Waals surface area contributed by atoms with Crippen LogP contribution in [-0.2, 0) is 9.13 Å². The van der Waals surface area contributed by atoms with Crippen molar-refractivity contribution in [3.05, 3.63) is 77.9 Å². The van der Waals surface area contributed by atoms with Crippen LogP contribution in [0.3, 0.4) is 0 Å². The van der Waals surface area contributed by atoms with Crippen LogP contribution in [-0.4, -0.2) is 111 Å². The van der Waals surface area contributed by atoms with Crippen molar-refractivity contribution in [3.63, 3.8) is 0 Å². The predicted octanol–water partition coefficient (Wildman–Crippen LogP) is 0.679. The van der Waals surface area contributed by atoms with Crippen LogP contribution >= 0.6 is 26.5 Å². The summed E-state index contributed by atoms with van der Waals surface area (Å²) in [4.78, 5) is 51.4. The number of aliphatic hydroxyl groups is 1. The summed E-state index contributed by atoms with van der Waals surface area (Å²) < 4.78 is 28.2. The highest BCUT2D eigenvalue weighted by molar-refractivity contribution is 7.72. The van der Waals surface area contributed by atoms with E-state index in [2.05, 4.69) is 4.90 Å². The van der Waals surface area contributed by atoms with Gasteiger partial charge in [0.1, 0.15) is 23.9 Å². The van der Waals surface area contributed by atoms with Gasteiger partial charge in [-0.3, -0.25) is 18.8 Å². The number of fused-ring (bicyclic) bond motifs is 1. The maximum Gasteiger partial charge on any atom is 0.369 e. The summed E-state index contributed by atoms with van der Waals surface area (Å²) in [5.74, 6) is 1.01. The molecule has 19 N–H and O–H groups in total. The molecule has 0 radical (unpaired) electrons. The first-order chi connectivity index (χ1) is 22.6. The monoisotopic (exact) mass is 812 g/mol. The molecule has 21 heteroatoms. The lowest BCUT2D eigenvalue weighted by Gasteiger charge is -2.28. The van der Waals surface area contributed by atoms with Crippen LogP contribution in [0.4, 0.5) is 0 Å². The van der Waals surface area contributed by atoms with Crippen LogP contribution < -0.4 is 10.5 Å². The van der Waals surface area contributed by atoms with Gasteiger partial charge in [-0.05, 0) is 111 Å². The summed E-state index contributed by atoms with van der Waals surface area (Å²) >= 11 is 1.46. The minimum absolute atomic E-state index is 0. The summed E-state index contributed by atoms with van der Waals surface area (Å²) in [6.07, 6.45) is 2.99. The molecule has 2 heterocycles. The lowest BCUT2D eigenvalue weighted by Crippen LogP contribution is -2.33. The van der Waals surface area contributed by atoms with E-state index >= 15 is 0 Å². The van der Waals surface area contributed by atoms with Crippen LogP contribution in [0.5, 0.6) is 17.2 Å². The second kappa shape index (κ2) is 22.1. The Balaban J connectivity index is 0. The molecule has 3 aromatic carbocycles. The molecule has 0 bridgehead atoms. The van der Waals surface area contributed by atoms with Gasteiger partial charge in [-0.15, -0.1) is 11.3 Å². The van der Waals surface area contributed by atoms with Gasteiger partial charge in [0.15, 0.2) is 5.78 Å². The molecule has 300 valence electrons. The van der Waals surface area contributed by atoms with Gasteiger partial charge in [0.05, 0.1) is 0 Å². The first kappa shape index (κ1) is 51.8. The summed E-state index contributed by atoms with van der Waals surface area (Å²) in [5.41, 5.74) is 7.03. The first-order valence-electron chi connectivity index (χ1n) is 15.2. The molecule has 1 aliphatic heterocycles. The smallest absolute Gasteiger partial charge is 0.369 e. The van der Waals surface area contributed by atoms with Gasteiger partial charge in [0, 0.05) is 39.1 Å². The van der Waals surface area contributed by atoms with Gasteiger partial charge in [-0.1, -0.05) is 6.42 Å². The number of phenols is 2. The second-order valence-corrected chi connectivity index (χ2v) is 16.5. The molecular weight excluding hydrogens is 762 g/mol. The van der Waals surface area contributed by atoms with Crippen molar-refractivity contribution in [1.82, 2.24) is 4.90 Å². The average molecular weight is 813 g/mol. The number of piperidine rings is 1. The van der Waals surface area contributed by atoms with Crippen molar-refractivity contribution < 1.29 is 80.9 Å². The molecular formula is C32H50N2O16P2S. The number of nitrogens with two attached hydrogens (primary N) is 1. The second-order valence-electron chi connectivity index (χ2n) is 11.4. The molecule has 53 heavy (non-hydrogen) atoms. The predicted molar refractivity (Wildman–Crippen MR) is 202 cm³/mol. The Morgan fingerprint density at radius 1 is 0.811 bits per heavy atom. The molecule has 1 aromatic heterocycles. The highest BCUT2D eigenvalue weighted by Gasteiger charge is 2.58. The molecule has 0 aliphatic carbocycles. The van der Waals surface area contributed by atoms with Crippen LogP contribution in [0.25, 0.3) is 20.5 Å². The summed E-state index contributed by atoms with van der Waals surface area (Å²) in [6, 6.07) is 19.2. The molecule has 4 aromatic rings. The van der Waals surface area contributed by atoms with Crippen LogP contribution in [0.15, 0.2) is 66.7 Å². The number of carbonyl (C=O) groups excluding carboxylic acids is 1. The van der Waals surface area contributed by atoms with Crippen LogP contribution in [0.2, 0.25) is 0 Å². The maximum atomic E-state index is 13.6. The molecule has 0 spiro atoms. The topological polar surface area (TPSA) is 389 Å². The highest BCUT2D eigenvalue weighted by Crippen LogP contribution is 2.69. The number of ether oxygens (including phenoxy) is 1. The third-order valence-electron chi connectivity index (χ3n) is 7.92. The van der Waals surface area contributed by atoms with Crippen molar-refractivity contribution in [1.29, 1.82) is 0 Å². The van der Waals surface area contributed by atoms with E-state index in [4.69, 9.17) is 30.0 Å². The summed E-state index contributed by atoms with van der Waals surface area (Å²) in [5, 5.41) is 26.4. The first-order valence-corrected chi connectivity index (χ1v) is 19.3. The lowest BCUT2D eigenvalue weighted by atomic mass is 9.97. The molecule has 0 atom stereocenters. The highest BCUT2D eigenvalue weighted by atomic mass is 32.1. The van der Waals surface area contributed by atoms with E-state index in [1.165, 1.54) is 30.6 Å². The Labute approximate surface area is 309 Å². The van der Waals surface area contributed by atoms with Crippen LogP contribution in [0.1, 0.15) is 48.0 Å². The van der Waals surface area contributed by atoms with Gasteiger partial charge in [-0.2, -0.15) is 0 Å². The van der Waals surface area contributed by atoms with Crippen molar-refractivity contribution >= 4 is 42.4 Å².